The Morgan fingerprint density at radius 1 is 1.64 bits per heavy atom. The van der Waals surface area contributed by atoms with E-state index in [-0.39, 0.29) is 16.8 Å². The summed E-state index contributed by atoms with van der Waals surface area (Å²) in [6.45, 7) is 6.25. The summed E-state index contributed by atoms with van der Waals surface area (Å²) >= 11 is 3.38. The lowest BCUT2D eigenvalue weighted by Crippen LogP contribution is -2.43. The molecule has 0 aliphatic carbocycles. The minimum atomic E-state index is 0.0234. The van der Waals surface area contributed by atoms with E-state index in [1.54, 1.807) is 0 Å². The second-order valence-electron chi connectivity index (χ2n) is 3.85. The smallest absolute Gasteiger partial charge is 0.236 e. The fraction of sp³-hybridized carbons (Fsp3) is 0.900. The van der Waals surface area contributed by atoms with Gasteiger partial charge in [0.1, 0.15) is 0 Å². The number of carbonyl (C=O) groups excluding carboxylic acids is 1. The van der Waals surface area contributed by atoms with Gasteiger partial charge in [-0.1, -0.05) is 15.9 Å². The number of hydrogen-bond acceptors (Lipinski definition) is 2. The number of carbonyl (C=O) groups is 1. The lowest BCUT2D eigenvalue weighted by atomic mass is 10.1. The first-order valence-electron chi connectivity index (χ1n) is 5.15. The van der Waals surface area contributed by atoms with Crippen molar-refractivity contribution in [2.75, 3.05) is 19.7 Å². The normalized spacial score (nSPS) is 23.3. The first-order valence-corrected chi connectivity index (χ1v) is 6.07. The molecule has 1 fully saturated rings. The molecule has 0 aromatic carbocycles. The van der Waals surface area contributed by atoms with Gasteiger partial charge in [0.05, 0.1) is 17.5 Å². The van der Waals surface area contributed by atoms with Crippen molar-refractivity contribution >= 4 is 21.8 Å². The van der Waals surface area contributed by atoms with Crippen LogP contribution in [0, 0.1) is 0 Å². The fourth-order valence-corrected chi connectivity index (χ4v) is 2.13. The molecule has 0 bridgehead atoms. The topological polar surface area (TPSA) is 29.5 Å². The molecule has 4 heteroatoms. The lowest BCUT2D eigenvalue weighted by molar-refractivity contribution is -0.133. The summed E-state index contributed by atoms with van der Waals surface area (Å²) in [5.41, 5.74) is 0. The highest BCUT2D eigenvalue weighted by Gasteiger charge is 2.25. The Labute approximate surface area is 93.9 Å². The van der Waals surface area contributed by atoms with Crippen molar-refractivity contribution in [3.63, 3.8) is 0 Å². The molecule has 0 spiro atoms. The second kappa shape index (κ2) is 5.71. The van der Waals surface area contributed by atoms with Crippen LogP contribution in [0.3, 0.4) is 0 Å². The molecule has 3 nitrogen and oxygen atoms in total. The number of hydrogen-bond donors (Lipinski definition) is 0. The third kappa shape index (κ3) is 3.58. The molecule has 1 unspecified atom stereocenters. The van der Waals surface area contributed by atoms with Crippen molar-refractivity contribution < 1.29 is 9.53 Å². The Bertz CT molecular complexity index is 197. The van der Waals surface area contributed by atoms with Gasteiger partial charge in [-0.2, -0.15) is 0 Å². The summed E-state index contributed by atoms with van der Waals surface area (Å²) in [5, 5.41) is 0. The molecule has 1 rings (SSSR count). The van der Waals surface area contributed by atoms with Crippen molar-refractivity contribution in [3.05, 3.63) is 0 Å². The molecule has 1 saturated heterocycles. The molecule has 14 heavy (non-hydrogen) atoms. The summed E-state index contributed by atoms with van der Waals surface area (Å²) < 4.78 is 5.42. The van der Waals surface area contributed by atoms with Gasteiger partial charge in [-0.3, -0.25) is 4.79 Å². The highest BCUT2D eigenvalue weighted by Crippen LogP contribution is 2.17. The van der Waals surface area contributed by atoms with E-state index in [0.29, 0.717) is 6.61 Å². The van der Waals surface area contributed by atoms with Gasteiger partial charge in [-0.05, 0) is 26.7 Å². The number of ether oxygens (including phenoxy) is 1. The van der Waals surface area contributed by atoms with Crippen LogP contribution in [-0.4, -0.2) is 41.4 Å². The maximum atomic E-state index is 11.6. The molecular weight excluding hydrogens is 246 g/mol. The maximum absolute atomic E-state index is 11.6. The number of halogens is 1. The van der Waals surface area contributed by atoms with Crippen LogP contribution in [-0.2, 0) is 9.53 Å². The average Bonchev–Trinajstić information content (AvgIpc) is 2.12. The fourth-order valence-electron chi connectivity index (χ4n) is 1.51. The molecule has 82 valence electrons. The number of likely N-dealkylation sites (tertiary alicyclic amines) is 1. The third-order valence-electron chi connectivity index (χ3n) is 2.28. The highest BCUT2D eigenvalue weighted by atomic mass is 79.9. The summed E-state index contributed by atoms with van der Waals surface area (Å²) in [4.78, 5) is 13.5. The van der Waals surface area contributed by atoms with Crippen LogP contribution >= 0.6 is 15.9 Å². The van der Waals surface area contributed by atoms with Gasteiger partial charge in [-0.15, -0.1) is 0 Å². The Morgan fingerprint density at radius 3 is 3.00 bits per heavy atom. The van der Waals surface area contributed by atoms with Crippen molar-refractivity contribution in [2.24, 2.45) is 0 Å². The van der Waals surface area contributed by atoms with E-state index >= 15 is 0 Å². The molecule has 1 aliphatic rings. The minimum absolute atomic E-state index is 0.0234. The molecule has 0 radical (unpaired) electrons. The van der Waals surface area contributed by atoms with E-state index in [2.05, 4.69) is 15.9 Å². The predicted molar refractivity (Wildman–Crippen MR) is 59.6 cm³/mol. The molecule has 1 amide bonds. The molecule has 1 aliphatic heterocycles. The first-order chi connectivity index (χ1) is 6.61. The van der Waals surface area contributed by atoms with Crippen molar-refractivity contribution in [1.82, 2.24) is 4.90 Å². The SMILES string of the molecule is CC(C)OCCN1CCCC(Br)C1=O. The van der Waals surface area contributed by atoms with Gasteiger partial charge in [0, 0.05) is 13.1 Å². The largest absolute Gasteiger partial charge is 0.377 e. The quantitative estimate of drug-likeness (QED) is 0.724. The molecule has 0 aromatic heterocycles. The predicted octanol–water partition coefficient (Wildman–Crippen LogP) is 1.80. The average molecular weight is 264 g/mol. The van der Waals surface area contributed by atoms with Gasteiger partial charge in [-0.25, -0.2) is 0 Å². The maximum Gasteiger partial charge on any atom is 0.236 e. The van der Waals surface area contributed by atoms with Gasteiger partial charge in [0.2, 0.25) is 5.91 Å². The molecular formula is C10H18BrNO2. The van der Waals surface area contributed by atoms with Crippen LogP contribution in [0.2, 0.25) is 0 Å². The first kappa shape index (κ1) is 12.0. The third-order valence-corrected chi connectivity index (χ3v) is 3.13. The highest BCUT2D eigenvalue weighted by molar-refractivity contribution is 9.10. The number of nitrogens with zero attached hydrogens (tertiary/aromatic N) is 1. The van der Waals surface area contributed by atoms with E-state index in [0.717, 1.165) is 25.9 Å². The monoisotopic (exact) mass is 263 g/mol. The zero-order valence-electron chi connectivity index (χ0n) is 8.83. The summed E-state index contributed by atoms with van der Waals surface area (Å²) in [5.74, 6) is 0.212. The van der Waals surface area contributed by atoms with Crippen LogP contribution in [0.1, 0.15) is 26.7 Å². The molecule has 0 N–H and O–H groups in total. The zero-order chi connectivity index (χ0) is 10.6. The van der Waals surface area contributed by atoms with Gasteiger partial charge in [0.15, 0.2) is 0 Å². The van der Waals surface area contributed by atoms with Crippen LogP contribution in [0.4, 0.5) is 0 Å². The number of amides is 1. The number of alkyl halides is 1. The van der Waals surface area contributed by atoms with Gasteiger partial charge >= 0.3 is 0 Å². The Balaban J connectivity index is 2.25. The standard InChI is InChI=1S/C10H18BrNO2/c1-8(2)14-7-6-12-5-3-4-9(11)10(12)13/h8-9H,3-7H2,1-2H3. The van der Waals surface area contributed by atoms with Gasteiger partial charge < -0.3 is 9.64 Å². The Hall–Kier alpha value is -0.0900. The van der Waals surface area contributed by atoms with E-state index < -0.39 is 0 Å². The molecule has 0 saturated carbocycles. The number of rotatable bonds is 4. The van der Waals surface area contributed by atoms with Crippen LogP contribution < -0.4 is 0 Å². The summed E-state index contributed by atoms with van der Waals surface area (Å²) in [6.07, 6.45) is 2.29. The van der Waals surface area contributed by atoms with Crippen LogP contribution in [0.15, 0.2) is 0 Å². The Kier molecular flexibility index (Phi) is 4.89. The van der Waals surface area contributed by atoms with E-state index in [1.807, 2.05) is 18.7 Å². The Morgan fingerprint density at radius 2 is 2.36 bits per heavy atom. The van der Waals surface area contributed by atoms with Crippen molar-refractivity contribution in [1.29, 1.82) is 0 Å². The molecule has 0 aromatic rings. The van der Waals surface area contributed by atoms with Crippen molar-refractivity contribution in [3.8, 4) is 0 Å². The molecule has 1 heterocycles. The van der Waals surface area contributed by atoms with Crippen LogP contribution in [0.5, 0.6) is 0 Å². The van der Waals surface area contributed by atoms with E-state index in [1.165, 1.54) is 0 Å². The second-order valence-corrected chi connectivity index (χ2v) is 4.96. The summed E-state index contributed by atoms with van der Waals surface area (Å²) in [7, 11) is 0. The van der Waals surface area contributed by atoms with E-state index in [4.69, 9.17) is 4.74 Å². The minimum Gasteiger partial charge on any atom is -0.377 e. The van der Waals surface area contributed by atoms with Gasteiger partial charge in [0.25, 0.3) is 0 Å². The number of piperidine rings is 1. The van der Waals surface area contributed by atoms with Crippen molar-refractivity contribution in [2.45, 2.75) is 37.6 Å². The van der Waals surface area contributed by atoms with Crippen LogP contribution in [0.25, 0.3) is 0 Å². The molecule has 1 atom stereocenters. The summed E-state index contributed by atoms with van der Waals surface area (Å²) in [6, 6.07) is 0. The van der Waals surface area contributed by atoms with E-state index in [9.17, 15) is 4.79 Å². The zero-order valence-corrected chi connectivity index (χ0v) is 10.4. The lowest BCUT2D eigenvalue weighted by Gasteiger charge is -2.29.